The quantitative estimate of drug-likeness (QED) is 0.264. The van der Waals surface area contributed by atoms with Crippen molar-refractivity contribution >= 4 is 5.97 Å². The maximum absolute atomic E-state index is 12.2. The molecule has 1 aliphatic carbocycles. The molecule has 0 amide bonds. The fourth-order valence-corrected chi connectivity index (χ4v) is 4.29. The minimum Gasteiger partial charge on any atom is -0.423 e. The van der Waals surface area contributed by atoms with Gasteiger partial charge in [-0.2, -0.15) is 0 Å². The van der Waals surface area contributed by atoms with E-state index in [4.69, 9.17) is 4.74 Å². The maximum atomic E-state index is 12.2. The van der Waals surface area contributed by atoms with Crippen molar-refractivity contribution in [1.82, 2.24) is 0 Å². The second-order valence-corrected chi connectivity index (χ2v) is 9.78. The van der Waals surface area contributed by atoms with E-state index in [9.17, 15) is 4.79 Å². The molecular formula is C26H44O2. The van der Waals surface area contributed by atoms with E-state index in [1.165, 1.54) is 36.5 Å². The molecule has 0 fully saturated rings. The molecule has 0 spiro atoms. The van der Waals surface area contributed by atoms with Gasteiger partial charge in [0.05, 0.1) is 0 Å². The highest BCUT2D eigenvalue weighted by atomic mass is 16.5. The van der Waals surface area contributed by atoms with Crippen LogP contribution in [-0.4, -0.2) is 5.97 Å². The summed E-state index contributed by atoms with van der Waals surface area (Å²) in [5.41, 5.74) is 2.78. The predicted molar refractivity (Wildman–Crippen MR) is 121 cm³/mol. The molecule has 0 N–H and O–H groups in total. The lowest BCUT2D eigenvalue weighted by Crippen LogP contribution is -2.40. The van der Waals surface area contributed by atoms with Crippen LogP contribution in [0.4, 0.5) is 0 Å². The average Bonchev–Trinajstić information content (AvgIpc) is 2.67. The first-order chi connectivity index (χ1) is 13.0. The molecule has 0 aromatic rings. The van der Waals surface area contributed by atoms with E-state index in [2.05, 4.69) is 68.0 Å². The van der Waals surface area contributed by atoms with Gasteiger partial charge in [-0.15, -0.1) is 0 Å². The monoisotopic (exact) mass is 388 g/mol. The van der Waals surface area contributed by atoms with Crippen LogP contribution in [0.5, 0.6) is 0 Å². The number of esters is 1. The zero-order valence-electron chi connectivity index (χ0n) is 19.8. The first-order valence-electron chi connectivity index (χ1n) is 11.3. The van der Waals surface area contributed by atoms with Gasteiger partial charge in [-0.1, -0.05) is 93.7 Å². The van der Waals surface area contributed by atoms with Crippen LogP contribution in [0.2, 0.25) is 0 Å². The number of unbranched alkanes of at least 4 members (excludes halogenated alkanes) is 1. The van der Waals surface area contributed by atoms with Gasteiger partial charge in [0.15, 0.2) is 0 Å². The van der Waals surface area contributed by atoms with Crippen LogP contribution in [0.25, 0.3) is 0 Å². The number of allylic oxidation sites excluding steroid dienone is 3. The number of hydrogen-bond donors (Lipinski definition) is 0. The third-order valence-electron chi connectivity index (χ3n) is 7.26. The highest BCUT2D eigenvalue weighted by Gasteiger charge is 2.47. The third kappa shape index (κ3) is 5.19. The number of carbonyl (C=O) groups excluding carboxylic acids is 1. The van der Waals surface area contributed by atoms with Crippen molar-refractivity contribution in [3.8, 4) is 0 Å². The highest BCUT2D eigenvalue weighted by Crippen LogP contribution is 2.57. The average molecular weight is 389 g/mol. The van der Waals surface area contributed by atoms with Gasteiger partial charge in [0.25, 0.3) is 0 Å². The van der Waals surface area contributed by atoms with Gasteiger partial charge in [-0.25, -0.2) is 4.79 Å². The minimum absolute atomic E-state index is 0.0442. The van der Waals surface area contributed by atoms with E-state index in [-0.39, 0.29) is 22.2 Å². The Balaban J connectivity index is 3.73. The molecule has 160 valence electrons. The number of ether oxygens (including phenoxy) is 1. The molecule has 1 rings (SSSR count). The Bertz CT molecular complexity index is 618. The Labute approximate surface area is 174 Å². The third-order valence-corrected chi connectivity index (χ3v) is 7.26. The summed E-state index contributed by atoms with van der Waals surface area (Å²) in [4.78, 5) is 12.2. The number of carbonyl (C=O) groups is 1. The van der Waals surface area contributed by atoms with Crippen LogP contribution >= 0.6 is 0 Å². The van der Waals surface area contributed by atoms with Crippen molar-refractivity contribution in [3.63, 3.8) is 0 Å². The molecule has 2 heteroatoms. The largest absolute Gasteiger partial charge is 0.423 e. The molecule has 2 nitrogen and oxygen atoms in total. The standard InChI is InChI=1S/C26H44O2/c1-10-15-17-26(25(8,9)14-5)18-20(16-11-2)23(28-22(27)12-3)21(19-26)24(6,7)13-4/h12,19H,3,10-11,13-18H2,1-2,4-9H3. The highest BCUT2D eigenvalue weighted by molar-refractivity contribution is 5.82. The molecule has 0 aliphatic heterocycles. The van der Waals surface area contributed by atoms with Crippen LogP contribution < -0.4 is 0 Å². The first-order valence-corrected chi connectivity index (χ1v) is 11.3. The summed E-state index contributed by atoms with van der Waals surface area (Å²) in [6.07, 6.45) is 12.6. The topological polar surface area (TPSA) is 26.3 Å². The molecule has 1 aliphatic rings. The Kier molecular flexibility index (Phi) is 8.78. The Morgan fingerprint density at radius 2 is 1.79 bits per heavy atom. The van der Waals surface area contributed by atoms with Crippen LogP contribution in [0.3, 0.4) is 0 Å². The molecule has 1 unspecified atom stereocenters. The van der Waals surface area contributed by atoms with E-state index >= 15 is 0 Å². The fourth-order valence-electron chi connectivity index (χ4n) is 4.29. The zero-order chi connectivity index (χ0) is 21.6. The van der Waals surface area contributed by atoms with E-state index in [0.717, 1.165) is 37.9 Å². The molecule has 0 radical (unpaired) electrons. The minimum atomic E-state index is -0.350. The smallest absolute Gasteiger partial charge is 0.335 e. The number of hydrogen-bond acceptors (Lipinski definition) is 2. The predicted octanol–water partition coefficient (Wildman–Crippen LogP) is 8.15. The van der Waals surface area contributed by atoms with E-state index in [1.807, 2.05) is 0 Å². The van der Waals surface area contributed by atoms with Gasteiger partial charge in [0.1, 0.15) is 5.76 Å². The lowest BCUT2D eigenvalue weighted by molar-refractivity contribution is -0.133. The summed E-state index contributed by atoms with van der Waals surface area (Å²) in [5, 5.41) is 0. The van der Waals surface area contributed by atoms with Gasteiger partial charge >= 0.3 is 5.97 Å². The molecule has 0 aromatic heterocycles. The van der Waals surface area contributed by atoms with E-state index in [0.29, 0.717) is 0 Å². The number of rotatable bonds is 11. The van der Waals surface area contributed by atoms with Crippen LogP contribution in [0.1, 0.15) is 107 Å². The van der Waals surface area contributed by atoms with E-state index in [1.54, 1.807) is 0 Å². The molecule has 0 aromatic carbocycles. The van der Waals surface area contributed by atoms with Crippen molar-refractivity contribution in [2.45, 2.75) is 107 Å². The molecule has 28 heavy (non-hydrogen) atoms. The molecular weight excluding hydrogens is 344 g/mol. The van der Waals surface area contributed by atoms with Crippen LogP contribution in [0.15, 0.2) is 35.6 Å². The summed E-state index contributed by atoms with van der Waals surface area (Å²) in [7, 11) is 0. The second kappa shape index (κ2) is 9.94. The summed E-state index contributed by atoms with van der Waals surface area (Å²) in [6, 6.07) is 0. The van der Waals surface area contributed by atoms with Crippen molar-refractivity contribution in [2.75, 3.05) is 0 Å². The van der Waals surface area contributed by atoms with Gasteiger partial charge in [0, 0.05) is 6.08 Å². The molecule has 1 atom stereocenters. The Hall–Kier alpha value is -1.31. The van der Waals surface area contributed by atoms with Crippen molar-refractivity contribution in [3.05, 3.63) is 35.6 Å². The van der Waals surface area contributed by atoms with Crippen LogP contribution in [0, 0.1) is 16.2 Å². The van der Waals surface area contributed by atoms with Crippen molar-refractivity contribution in [2.24, 2.45) is 16.2 Å². The van der Waals surface area contributed by atoms with Crippen LogP contribution in [-0.2, 0) is 9.53 Å². The molecule has 0 heterocycles. The molecule has 0 saturated heterocycles. The van der Waals surface area contributed by atoms with Crippen molar-refractivity contribution < 1.29 is 9.53 Å². The SMILES string of the molecule is C=CC(=O)OC1=C(CCC)CC(CCCC)(C(C)(C)CC)C=C1C(C)(C)CC. The van der Waals surface area contributed by atoms with E-state index < -0.39 is 0 Å². The van der Waals surface area contributed by atoms with Gasteiger partial charge < -0.3 is 4.74 Å². The second-order valence-electron chi connectivity index (χ2n) is 9.78. The Morgan fingerprint density at radius 1 is 1.14 bits per heavy atom. The lowest BCUT2D eigenvalue weighted by Gasteiger charge is -2.50. The zero-order valence-corrected chi connectivity index (χ0v) is 19.8. The Morgan fingerprint density at radius 3 is 2.25 bits per heavy atom. The molecule has 0 saturated carbocycles. The normalized spacial score (nSPS) is 20.8. The van der Waals surface area contributed by atoms with Gasteiger partial charge in [0.2, 0.25) is 0 Å². The summed E-state index contributed by atoms with van der Waals surface area (Å²) >= 11 is 0. The lowest BCUT2D eigenvalue weighted by atomic mass is 9.55. The summed E-state index contributed by atoms with van der Waals surface area (Å²) in [5.74, 6) is 0.481. The van der Waals surface area contributed by atoms with Gasteiger partial charge in [-0.05, 0) is 53.1 Å². The van der Waals surface area contributed by atoms with Gasteiger partial charge in [-0.3, -0.25) is 0 Å². The maximum Gasteiger partial charge on any atom is 0.335 e. The summed E-state index contributed by atoms with van der Waals surface area (Å²) < 4.78 is 5.90. The van der Waals surface area contributed by atoms with Crippen molar-refractivity contribution in [1.29, 1.82) is 0 Å². The molecule has 0 bridgehead atoms. The summed E-state index contributed by atoms with van der Waals surface area (Å²) in [6.45, 7) is 22.0. The first kappa shape index (κ1) is 24.7. The fraction of sp³-hybridized carbons (Fsp3) is 0.731.